The molecule has 6 heteroatoms. The van der Waals surface area contributed by atoms with E-state index in [0.29, 0.717) is 12.1 Å². The summed E-state index contributed by atoms with van der Waals surface area (Å²) in [6.07, 6.45) is 5.60. The van der Waals surface area contributed by atoms with Gasteiger partial charge in [-0.05, 0) is 56.1 Å². The van der Waals surface area contributed by atoms with Crippen molar-refractivity contribution in [3.63, 3.8) is 0 Å². The Labute approximate surface area is 146 Å². The third-order valence-corrected chi connectivity index (χ3v) is 5.78. The maximum atomic E-state index is 14.0. The number of carbonyl (C=O) groups excluding carboxylic acids is 2. The molecule has 3 rings (SSSR count). The van der Waals surface area contributed by atoms with Gasteiger partial charge in [0.05, 0.1) is 6.04 Å². The van der Waals surface area contributed by atoms with Crippen LogP contribution in [0.1, 0.15) is 44.1 Å². The molecule has 1 amide bonds. The molecule has 3 N–H and O–H groups in total. The second kappa shape index (κ2) is 7.20. The molecule has 0 aliphatic heterocycles. The van der Waals surface area contributed by atoms with Gasteiger partial charge in [0.15, 0.2) is 0 Å². The van der Waals surface area contributed by atoms with E-state index in [9.17, 15) is 18.4 Å². The first kappa shape index (κ1) is 18.0. The van der Waals surface area contributed by atoms with Gasteiger partial charge in [0.2, 0.25) is 5.91 Å². The van der Waals surface area contributed by atoms with Crippen molar-refractivity contribution in [3.8, 4) is 0 Å². The number of rotatable bonds is 6. The SMILES string of the molecule is NC(C(=O)NCC1(c2ccc(F)cc2F)CC1)C1CCC(C=O)CC1. The summed E-state index contributed by atoms with van der Waals surface area (Å²) in [4.78, 5) is 23.2. The van der Waals surface area contributed by atoms with Gasteiger partial charge in [0, 0.05) is 23.9 Å². The third kappa shape index (κ3) is 3.89. The van der Waals surface area contributed by atoms with E-state index in [2.05, 4.69) is 5.32 Å². The Morgan fingerprint density at radius 2 is 1.96 bits per heavy atom. The number of hydrogen-bond acceptors (Lipinski definition) is 3. The number of halogens is 2. The number of aldehydes is 1. The Balaban J connectivity index is 1.56. The molecule has 0 spiro atoms. The fourth-order valence-corrected chi connectivity index (χ4v) is 3.84. The fraction of sp³-hybridized carbons (Fsp3) is 0.579. The van der Waals surface area contributed by atoms with Crippen LogP contribution in [-0.4, -0.2) is 24.8 Å². The highest BCUT2D eigenvalue weighted by Gasteiger charge is 2.46. The lowest BCUT2D eigenvalue weighted by molar-refractivity contribution is -0.124. The van der Waals surface area contributed by atoms with E-state index < -0.39 is 23.1 Å². The molecule has 2 aliphatic rings. The number of benzene rings is 1. The van der Waals surface area contributed by atoms with Crippen LogP contribution in [0.4, 0.5) is 8.78 Å². The number of hydrogen-bond donors (Lipinski definition) is 2. The van der Waals surface area contributed by atoms with Crippen molar-refractivity contribution in [1.82, 2.24) is 5.32 Å². The molecule has 4 nitrogen and oxygen atoms in total. The monoisotopic (exact) mass is 350 g/mol. The van der Waals surface area contributed by atoms with Crippen molar-refractivity contribution < 1.29 is 18.4 Å². The zero-order valence-corrected chi connectivity index (χ0v) is 14.1. The van der Waals surface area contributed by atoms with Gasteiger partial charge >= 0.3 is 0 Å². The molecule has 25 heavy (non-hydrogen) atoms. The van der Waals surface area contributed by atoms with E-state index in [1.54, 1.807) is 0 Å². The highest BCUT2D eigenvalue weighted by atomic mass is 19.1. The van der Waals surface area contributed by atoms with Crippen LogP contribution in [-0.2, 0) is 15.0 Å². The molecule has 0 bridgehead atoms. The first-order valence-electron chi connectivity index (χ1n) is 8.89. The molecule has 1 aromatic rings. The Hall–Kier alpha value is -1.82. The molecule has 0 saturated heterocycles. The lowest BCUT2D eigenvalue weighted by Gasteiger charge is -2.29. The number of nitrogens with one attached hydrogen (secondary N) is 1. The van der Waals surface area contributed by atoms with Crippen LogP contribution in [0, 0.1) is 23.5 Å². The molecule has 1 atom stereocenters. The number of carbonyl (C=O) groups is 2. The molecule has 0 heterocycles. The van der Waals surface area contributed by atoms with Crippen LogP contribution >= 0.6 is 0 Å². The zero-order valence-electron chi connectivity index (χ0n) is 14.1. The second-order valence-electron chi connectivity index (χ2n) is 7.46. The minimum absolute atomic E-state index is 0.0777. The Morgan fingerprint density at radius 3 is 2.52 bits per heavy atom. The summed E-state index contributed by atoms with van der Waals surface area (Å²) >= 11 is 0. The maximum Gasteiger partial charge on any atom is 0.237 e. The van der Waals surface area contributed by atoms with Gasteiger partial charge in [-0.1, -0.05) is 6.07 Å². The Morgan fingerprint density at radius 1 is 1.28 bits per heavy atom. The predicted octanol–water partition coefficient (Wildman–Crippen LogP) is 2.45. The first-order chi connectivity index (χ1) is 11.9. The Bertz CT molecular complexity index is 653. The van der Waals surface area contributed by atoms with Gasteiger partial charge in [-0.3, -0.25) is 4.79 Å². The van der Waals surface area contributed by atoms with Crippen molar-refractivity contribution in [3.05, 3.63) is 35.4 Å². The average Bonchev–Trinajstić information content (AvgIpc) is 3.40. The van der Waals surface area contributed by atoms with Crippen LogP contribution in [0.15, 0.2) is 18.2 Å². The molecule has 0 radical (unpaired) electrons. The van der Waals surface area contributed by atoms with Gasteiger partial charge in [0.1, 0.15) is 17.9 Å². The molecule has 0 aromatic heterocycles. The molecule has 2 aliphatic carbocycles. The molecular weight excluding hydrogens is 326 g/mol. The average molecular weight is 350 g/mol. The van der Waals surface area contributed by atoms with Gasteiger partial charge in [-0.25, -0.2) is 8.78 Å². The maximum absolute atomic E-state index is 14.0. The highest BCUT2D eigenvalue weighted by molar-refractivity contribution is 5.82. The van der Waals surface area contributed by atoms with E-state index >= 15 is 0 Å². The molecule has 1 aromatic carbocycles. The standard InChI is InChI=1S/C19H24F2N2O2/c20-14-5-6-15(16(21)9-14)19(7-8-19)11-23-18(25)17(22)13-3-1-12(10-24)2-4-13/h5-6,9-10,12-13,17H,1-4,7-8,11,22H2,(H,23,25). The zero-order chi connectivity index (χ0) is 18.0. The molecule has 136 valence electrons. The van der Waals surface area contributed by atoms with Gasteiger partial charge in [0.25, 0.3) is 0 Å². The minimum Gasteiger partial charge on any atom is -0.354 e. The normalized spacial score (nSPS) is 25.9. The fourth-order valence-electron chi connectivity index (χ4n) is 3.84. The van der Waals surface area contributed by atoms with Gasteiger partial charge < -0.3 is 15.8 Å². The Kier molecular flexibility index (Phi) is 5.18. The van der Waals surface area contributed by atoms with Crippen LogP contribution in [0.2, 0.25) is 0 Å². The minimum atomic E-state index is -0.610. The second-order valence-corrected chi connectivity index (χ2v) is 7.46. The largest absolute Gasteiger partial charge is 0.354 e. The predicted molar refractivity (Wildman–Crippen MR) is 89.8 cm³/mol. The topological polar surface area (TPSA) is 72.2 Å². The summed E-state index contributed by atoms with van der Waals surface area (Å²) in [5, 5.41) is 2.85. The van der Waals surface area contributed by atoms with Crippen molar-refractivity contribution in [1.29, 1.82) is 0 Å². The summed E-state index contributed by atoms with van der Waals surface area (Å²) < 4.78 is 27.1. The molecular formula is C19H24F2N2O2. The van der Waals surface area contributed by atoms with Crippen molar-refractivity contribution >= 4 is 12.2 Å². The van der Waals surface area contributed by atoms with Crippen molar-refractivity contribution in [2.45, 2.75) is 50.0 Å². The van der Waals surface area contributed by atoms with E-state index in [1.807, 2.05) is 0 Å². The van der Waals surface area contributed by atoms with E-state index in [0.717, 1.165) is 50.9 Å². The van der Waals surface area contributed by atoms with Crippen LogP contribution in [0.25, 0.3) is 0 Å². The lowest BCUT2D eigenvalue weighted by atomic mass is 9.79. The summed E-state index contributed by atoms with van der Waals surface area (Å²) in [6.45, 7) is 0.311. The summed E-state index contributed by atoms with van der Waals surface area (Å²) in [6, 6.07) is 2.98. The summed E-state index contributed by atoms with van der Waals surface area (Å²) in [7, 11) is 0. The van der Waals surface area contributed by atoms with Crippen molar-refractivity contribution in [2.24, 2.45) is 17.6 Å². The smallest absolute Gasteiger partial charge is 0.237 e. The molecule has 1 unspecified atom stereocenters. The third-order valence-electron chi connectivity index (χ3n) is 5.78. The lowest BCUT2D eigenvalue weighted by Crippen LogP contribution is -2.48. The quantitative estimate of drug-likeness (QED) is 0.774. The van der Waals surface area contributed by atoms with Crippen LogP contribution in [0.5, 0.6) is 0 Å². The molecule has 2 saturated carbocycles. The summed E-state index contributed by atoms with van der Waals surface area (Å²) in [5.74, 6) is -1.24. The van der Waals surface area contributed by atoms with Crippen LogP contribution in [0.3, 0.4) is 0 Å². The van der Waals surface area contributed by atoms with Crippen LogP contribution < -0.4 is 11.1 Å². The van der Waals surface area contributed by atoms with E-state index in [4.69, 9.17) is 5.73 Å². The van der Waals surface area contributed by atoms with E-state index in [1.165, 1.54) is 12.1 Å². The molecule has 2 fully saturated rings. The van der Waals surface area contributed by atoms with Gasteiger partial charge in [-0.15, -0.1) is 0 Å². The highest BCUT2D eigenvalue weighted by Crippen LogP contribution is 2.48. The number of nitrogens with two attached hydrogens (primary N) is 1. The van der Waals surface area contributed by atoms with Crippen molar-refractivity contribution in [2.75, 3.05) is 6.54 Å². The van der Waals surface area contributed by atoms with E-state index in [-0.39, 0.29) is 17.7 Å². The summed E-state index contributed by atoms with van der Waals surface area (Å²) in [5.41, 5.74) is 6.10. The number of amides is 1. The van der Waals surface area contributed by atoms with Gasteiger partial charge in [-0.2, -0.15) is 0 Å². The first-order valence-corrected chi connectivity index (χ1v) is 8.89.